The van der Waals surface area contributed by atoms with Crippen LogP contribution in [0.2, 0.25) is 0 Å². The van der Waals surface area contributed by atoms with Crippen LogP contribution < -0.4 is 0 Å². The molecule has 1 rings (SSSR count). The molecule has 0 aliphatic carbocycles. The van der Waals surface area contributed by atoms with Crippen molar-refractivity contribution in [1.82, 2.24) is 4.90 Å². The summed E-state index contributed by atoms with van der Waals surface area (Å²) in [5.74, 6) is 0. The van der Waals surface area contributed by atoms with Gasteiger partial charge in [0.1, 0.15) is 5.60 Å². The van der Waals surface area contributed by atoms with E-state index in [2.05, 4.69) is 6.58 Å². The number of aliphatic hydroxyl groups is 1. The molecule has 1 aliphatic heterocycles. The Labute approximate surface area is 96.9 Å². The Balaban J connectivity index is 2.53. The van der Waals surface area contributed by atoms with Crippen molar-refractivity contribution >= 4 is 6.09 Å². The molecule has 0 aromatic rings. The summed E-state index contributed by atoms with van der Waals surface area (Å²) in [5.41, 5.74) is -1.31. The van der Waals surface area contributed by atoms with E-state index in [0.29, 0.717) is 25.9 Å². The highest BCUT2D eigenvalue weighted by Crippen LogP contribution is 2.26. The van der Waals surface area contributed by atoms with E-state index in [9.17, 15) is 9.90 Å². The van der Waals surface area contributed by atoms with E-state index in [1.807, 2.05) is 20.8 Å². The summed E-state index contributed by atoms with van der Waals surface area (Å²) in [6, 6.07) is 0. The van der Waals surface area contributed by atoms with Gasteiger partial charge >= 0.3 is 6.09 Å². The van der Waals surface area contributed by atoms with Crippen molar-refractivity contribution in [3.05, 3.63) is 12.7 Å². The molecule has 0 radical (unpaired) electrons. The topological polar surface area (TPSA) is 49.8 Å². The van der Waals surface area contributed by atoms with Crippen LogP contribution in [0.4, 0.5) is 4.79 Å². The summed E-state index contributed by atoms with van der Waals surface area (Å²) in [7, 11) is 0. The van der Waals surface area contributed by atoms with Crippen LogP contribution in [0.5, 0.6) is 0 Å². The van der Waals surface area contributed by atoms with Crippen molar-refractivity contribution in [3.63, 3.8) is 0 Å². The summed E-state index contributed by atoms with van der Waals surface area (Å²) >= 11 is 0. The van der Waals surface area contributed by atoms with Gasteiger partial charge in [0.2, 0.25) is 0 Å². The molecule has 1 amide bonds. The largest absolute Gasteiger partial charge is 0.444 e. The summed E-state index contributed by atoms with van der Waals surface area (Å²) in [6.07, 6.45) is 2.41. The predicted octanol–water partition coefficient (Wildman–Crippen LogP) is 1.93. The van der Waals surface area contributed by atoms with Crippen molar-refractivity contribution in [2.24, 2.45) is 0 Å². The van der Waals surface area contributed by atoms with Gasteiger partial charge in [0, 0.05) is 6.54 Å². The number of hydrogen-bond acceptors (Lipinski definition) is 3. The zero-order valence-electron chi connectivity index (χ0n) is 10.3. The number of likely N-dealkylation sites (tertiary alicyclic amines) is 1. The maximum absolute atomic E-state index is 11.7. The SMILES string of the molecule is C=CC[C@@]1(O)CCN(C(=O)OC(C)(C)C)C1. The lowest BCUT2D eigenvalue weighted by molar-refractivity contribution is 0.0160. The molecule has 0 aromatic carbocycles. The number of nitrogens with zero attached hydrogens (tertiary/aromatic N) is 1. The highest BCUT2D eigenvalue weighted by atomic mass is 16.6. The fourth-order valence-corrected chi connectivity index (χ4v) is 1.77. The van der Waals surface area contributed by atoms with Gasteiger partial charge in [-0.15, -0.1) is 6.58 Å². The minimum Gasteiger partial charge on any atom is -0.444 e. The van der Waals surface area contributed by atoms with Gasteiger partial charge in [0.05, 0.1) is 12.1 Å². The molecule has 0 spiro atoms. The van der Waals surface area contributed by atoms with Crippen LogP contribution in [-0.2, 0) is 4.74 Å². The molecule has 1 atom stereocenters. The minimum atomic E-state index is -0.821. The Bertz CT molecular complexity index is 282. The molecule has 0 saturated carbocycles. The van der Waals surface area contributed by atoms with Crippen molar-refractivity contribution in [1.29, 1.82) is 0 Å². The van der Waals surface area contributed by atoms with Crippen LogP contribution in [0, 0.1) is 0 Å². The lowest BCUT2D eigenvalue weighted by atomic mass is 9.99. The quantitative estimate of drug-likeness (QED) is 0.733. The summed E-state index contributed by atoms with van der Waals surface area (Å²) < 4.78 is 5.24. The second kappa shape index (κ2) is 4.45. The first kappa shape index (κ1) is 13.0. The van der Waals surface area contributed by atoms with Crippen molar-refractivity contribution < 1.29 is 14.6 Å². The molecule has 16 heavy (non-hydrogen) atoms. The Morgan fingerprint density at radius 1 is 1.62 bits per heavy atom. The van der Waals surface area contributed by atoms with Crippen LogP contribution in [0.15, 0.2) is 12.7 Å². The number of ether oxygens (including phenoxy) is 1. The molecule has 1 saturated heterocycles. The summed E-state index contributed by atoms with van der Waals surface area (Å²) in [5, 5.41) is 10.1. The zero-order chi connectivity index (χ0) is 12.4. The van der Waals surface area contributed by atoms with Gasteiger partial charge in [-0.3, -0.25) is 0 Å². The molecular formula is C12H21NO3. The Kier molecular flexibility index (Phi) is 3.63. The van der Waals surface area contributed by atoms with Gasteiger partial charge in [-0.1, -0.05) is 6.08 Å². The van der Waals surface area contributed by atoms with Gasteiger partial charge in [-0.25, -0.2) is 4.79 Å². The van der Waals surface area contributed by atoms with E-state index < -0.39 is 11.2 Å². The second-order valence-corrected chi connectivity index (χ2v) is 5.37. The Hall–Kier alpha value is -1.03. The second-order valence-electron chi connectivity index (χ2n) is 5.37. The molecule has 1 heterocycles. The molecule has 0 unspecified atom stereocenters. The minimum absolute atomic E-state index is 0.327. The number of rotatable bonds is 2. The monoisotopic (exact) mass is 227 g/mol. The van der Waals surface area contributed by atoms with Crippen molar-refractivity contribution in [3.8, 4) is 0 Å². The van der Waals surface area contributed by atoms with E-state index in [-0.39, 0.29) is 6.09 Å². The van der Waals surface area contributed by atoms with E-state index >= 15 is 0 Å². The standard InChI is InChI=1S/C12H21NO3/c1-5-6-12(15)7-8-13(9-12)10(14)16-11(2,3)4/h5,15H,1,6-9H2,2-4H3/t12-/m1/s1. The van der Waals surface area contributed by atoms with Crippen LogP contribution in [0.25, 0.3) is 0 Å². The lowest BCUT2D eigenvalue weighted by Gasteiger charge is -2.25. The first-order valence-corrected chi connectivity index (χ1v) is 5.57. The van der Waals surface area contributed by atoms with Crippen LogP contribution in [-0.4, -0.2) is 40.4 Å². The van der Waals surface area contributed by atoms with Gasteiger partial charge in [0.25, 0.3) is 0 Å². The summed E-state index contributed by atoms with van der Waals surface area (Å²) in [6.45, 7) is 9.96. The van der Waals surface area contributed by atoms with Gasteiger partial charge in [0.15, 0.2) is 0 Å². The molecule has 1 N–H and O–H groups in total. The fourth-order valence-electron chi connectivity index (χ4n) is 1.77. The highest BCUT2D eigenvalue weighted by Gasteiger charge is 2.38. The number of carbonyl (C=O) groups is 1. The van der Waals surface area contributed by atoms with Gasteiger partial charge < -0.3 is 14.7 Å². The van der Waals surface area contributed by atoms with E-state index in [0.717, 1.165) is 0 Å². The van der Waals surface area contributed by atoms with Gasteiger partial charge in [-0.05, 0) is 33.6 Å². The molecule has 92 valence electrons. The van der Waals surface area contributed by atoms with Crippen LogP contribution in [0.3, 0.4) is 0 Å². The summed E-state index contributed by atoms with van der Waals surface area (Å²) in [4.78, 5) is 13.3. The first-order chi connectivity index (χ1) is 7.26. The normalized spacial score (nSPS) is 25.6. The molecule has 4 nitrogen and oxygen atoms in total. The third-order valence-corrected chi connectivity index (χ3v) is 2.51. The number of β-amino-alcohol motifs (C(OH)–C–C–N with tert-alkyl or cyclic N) is 1. The van der Waals surface area contributed by atoms with E-state index in [4.69, 9.17) is 4.74 Å². The average Bonchev–Trinajstić information content (AvgIpc) is 2.45. The molecule has 4 heteroatoms. The van der Waals surface area contributed by atoms with E-state index in [1.165, 1.54) is 0 Å². The molecule has 0 bridgehead atoms. The van der Waals surface area contributed by atoms with Crippen LogP contribution in [0.1, 0.15) is 33.6 Å². The molecular weight excluding hydrogens is 206 g/mol. The van der Waals surface area contributed by atoms with Crippen molar-refractivity contribution in [2.75, 3.05) is 13.1 Å². The average molecular weight is 227 g/mol. The maximum Gasteiger partial charge on any atom is 0.410 e. The number of amides is 1. The highest BCUT2D eigenvalue weighted by molar-refractivity contribution is 5.68. The zero-order valence-corrected chi connectivity index (χ0v) is 10.3. The van der Waals surface area contributed by atoms with Crippen molar-refractivity contribution in [2.45, 2.75) is 44.8 Å². The maximum atomic E-state index is 11.7. The Morgan fingerprint density at radius 3 is 2.75 bits per heavy atom. The smallest absolute Gasteiger partial charge is 0.410 e. The third kappa shape index (κ3) is 3.52. The molecule has 0 aromatic heterocycles. The van der Waals surface area contributed by atoms with E-state index in [1.54, 1.807) is 11.0 Å². The fraction of sp³-hybridized carbons (Fsp3) is 0.750. The third-order valence-electron chi connectivity index (χ3n) is 2.51. The predicted molar refractivity (Wildman–Crippen MR) is 62.2 cm³/mol. The molecule has 1 fully saturated rings. The Morgan fingerprint density at radius 2 is 2.25 bits per heavy atom. The number of hydrogen-bond donors (Lipinski definition) is 1. The molecule has 1 aliphatic rings. The number of carbonyl (C=O) groups excluding carboxylic acids is 1. The lowest BCUT2D eigenvalue weighted by Crippen LogP contribution is -2.38. The first-order valence-electron chi connectivity index (χ1n) is 5.57. The van der Waals surface area contributed by atoms with Gasteiger partial charge in [-0.2, -0.15) is 0 Å². The van der Waals surface area contributed by atoms with Crippen LogP contribution >= 0.6 is 0 Å².